The lowest BCUT2D eigenvalue weighted by molar-refractivity contribution is -0.130. The zero-order valence-electron chi connectivity index (χ0n) is 16.4. The Morgan fingerprint density at radius 2 is 2.07 bits per heavy atom. The summed E-state index contributed by atoms with van der Waals surface area (Å²) < 4.78 is 0. The lowest BCUT2D eigenvalue weighted by Crippen LogP contribution is -2.45. The Hall–Kier alpha value is -2.93. The normalized spacial score (nSPS) is 18.7. The maximum atomic E-state index is 13.0. The van der Waals surface area contributed by atoms with Gasteiger partial charge in [0.15, 0.2) is 0 Å². The third kappa shape index (κ3) is 3.96. The number of nitrogens with one attached hydrogen (secondary N) is 2. The summed E-state index contributed by atoms with van der Waals surface area (Å²) in [6, 6.07) is 14.2. The highest BCUT2D eigenvalue weighted by molar-refractivity contribution is 7.13. The van der Waals surface area contributed by atoms with Crippen LogP contribution >= 0.6 is 11.3 Å². The average molecular weight is 409 g/mol. The van der Waals surface area contributed by atoms with Gasteiger partial charge in [-0.2, -0.15) is 5.10 Å². The molecule has 6 nitrogen and oxygen atoms in total. The Morgan fingerprint density at radius 3 is 2.72 bits per heavy atom. The molecule has 1 atom stereocenters. The SMILES string of the molecule is CCNC(=O)[C@]1(Cc2ccc(-c3cccs3)cc2)CCN(C(=O)c2ccn[nH]2)C1. The first-order chi connectivity index (χ1) is 14.1. The van der Waals surface area contributed by atoms with Gasteiger partial charge in [0.25, 0.3) is 5.91 Å². The van der Waals surface area contributed by atoms with Gasteiger partial charge in [0.05, 0.1) is 5.41 Å². The number of rotatable bonds is 6. The molecule has 0 spiro atoms. The summed E-state index contributed by atoms with van der Waals surface area (Å²) >= 11 is 1.71. The number of carbonyl (C=O) groups excluding carboxylic acids is 2. The molecule has 3 heterocycles. The number of likely N-dealkylation sites (tertiary alicyclic amines) is 1. The molecule has 1 aromatic carbocycles. The molecule has 150 valence electrons. The van der Waals surface area contributed by atoms with Crippen molar-refractivity contribution >= 4 is 23.2 Å². The average Bonchev–Trinajstić information content (AvgIpc) is 3.50. The molecule has 4 rings (SSSR count). The van der Waals surface area contributed by atoms with Crippen molar-refractivity contribution in [1.82, 2.24) is 20.4 Å². The quantitative estimate of drug-likeness (QED) is 0.657. The number of amides is 2. The Morgan fingerprint density at radius 1 is 1.24 bits per heavy atom. The number of hydrogen-bond donors (Lipinski definition) is 2. The molecule has 0 bridgehead atoms. The van der Waals surface area contributed by atoms with Gasteiger partial charge >= 0.3 is 0 Å². The number of benzene rings is 1. The van der Waals surface area contributed by atoms with Gasteiger partial charge in [0, 0.05) is 30.7 Å². The van der Waals surface area contributed by atoms with E-state index in [1.807, 2.05) is 13.0 Å². The zero-order chi connectivity index (χ0) is 20.3. The Bertz CT molecular complexity index is 967. The van der Waals surface area contributed by atoms with Gasteiger partial charge in [-0.3, -0.25) is 14.7 Å². The van der Waals surface area contributed by atoms with Crippen LogP contribution in [0.3, 0.4) is 0 Å². The van der Waals surface area contributed by atoms with Crippen molar-refractivity contribution in [3.63, 3.8) is 0 Å². The smallest absolute Gasteiger partial charge is 0.271 e. The molecule has 0 unspecified atom stereocenters. The van der Waals surface area contributed by atoms with Gasteiger partial charge in [-0.25, -0.2) is 0 Å². The number of nitrogens with zero attached hydrogens (tertiary/aromatic N) is 2. The molecule has 2 N–H and O–H groups in total. The van der Waals surface area contributed by atoms with E-state index < -0.39 is 5.41 Å². The second kappa shape index (κ2) is 8.21. The zero-order valence-corrected chi connectivity index (χ0v) is 17.2. The van der Waals surface area contributed by atoms with Crippen LogP contribution in [-0.2, 0) is 11.2 Å². The van der Waals surface area contributed by atoms with Crippen molar-refractivity contribution in [2.75, 3.05) is 19.6 Å². The fourth-order valence-electron chi connectivity index (χ4n) is 3.97. The van der Waals surface area contributed by atoms with Crippen molar-refractivity contribution < 1.29 is 9.59 Å². The van der Waals surface area contributed by atoms with Gasteiger partial charge in [-0.15, -0.1) is 11.3 Å². The maximum Gasteiger partial charge on any atom is 0.271 e. The predicted octanol–water partition coefficient (Wildman–Crippen LogP) is 3.35. The lowest BCUT2D eigenvalue weighted by Gasteiger charge is -2.28. The van der Waals surface area contributed by atoms with E-state index in [4.69, 9.17) is 0 Å². The van der Waals surface area contributed by atoms with Crippen LogP contribution in [0, 0.1) is 5.41 Å². The molecule has 0 aliphatic carbocycles. The van der Waals surface area contributed by atoms with Crippen LogP contribution < -0.4 is 5.32 Å². The van der Waals surface area contributed by atoms with E-state index in [1.54, 1.807) is 28.5 Å². The van der Waals surface area contributed by atoms with Crippen molar-refractivity contribution in [3.8, 4) is 10.4 Å². The molecule has 3 aromatic rings. The first-order valence-corrected chi connectivity index (χ1v) is 10.7. The van der Waals surface area contributed by atoms with Crippen LogP contribution in [0.2, 0.25) is 0 Å². The summed E-state index contributed by atoms with van der Waals surface area (Å²) in [5.41, 5.74) is 2.12. The summed E-state index contributed by atoms with van der Waals surface area (Å²) in [5, 5.41) is 11.6. The third-order valence-corrected chi connectivity index (χ3v) is 6.41. The molecule has 0 saturated carbocycles. The predicted molar refractivity (Wildman–Crippen MR) is 114 cm³/mol. The minimum atomic E-state index is -0.615. The van der Waals surface area contributed by atoms with Crippen LogP contribution in [0.1, 0.15) is 29.4 Å². The fraction of sp³-hybridized carbons (Fsp3) is 0.318. The number of carbonyl (C=O) groups is 2. The van der Waals surface area contributed by atoms with Crippen molar-refractivity contribution in [2.45, 2.75) is 19.8 Å². The van der Waals surface area contributed by atoms with Gasteiger partial charge in [-0.05, 0) is 48.4 Å². The number of hydrogen-bond acceptors (Lipinski definition) is 4. The van der Waals surface area contributed by atoms with Crippen LogP contribution in [-0.4, -0.2) is 46.5 Å². The first-order valence-electron chi connectivity index (χ1n) is 9.81. The molecule has 1 saturated heterocycles. The van der Waals surface area contributed by atoms with Crippen LogP contribution in [0.5, 0.6) is 0 Å². The molecule has 29 heavy (non-hydrogen) atoms. The molecule has 0 radical (unpaired) electrons. The van der Waals surface area contributed by atoms with Crippen LogP contribution in [0.15, 0.2) is 54.0 Å². The van der Waals surface area contributed by atoms with Crippen LogP contribution in [0.25, 0.3) is 10.4 Å². The summed E-state index contributed by atoms with van der Waals surface area (Å²) in [6.07, 6.45) is 2.82. The standard InChI is InChI=1S/C22H24N4O2S/c1-2-23-21(28)22(10-12-26(15-22)20(27)18-9-11-24-25-18)14-16-5-7-17(8-6-16)19-4-3-13-29-19/h3-9,11,13H,2,10,12,14-15H2,1H3,(H,23,28)(H,24,25)/t22-/m0/s1. The van der Waals surface area contributed by atoms with E-state index in [1.165, 1.54) is 10.4 Å². The monoisotopic (exact) mass is 408 g/mol. The van der Waals surface area contributed by atoms with Gasteiger partial charge < -0.3 is 10.2 Å². The van der Waals surface area contributed by atoms with E-state index in [2.05, 4.69) is 51.2 Å². The van der Waals surface area contributed by atoms with E-state index >= 15 is 0 Å². The molecule has 2 aromatic heterocycles. The number of H-pyrrole nitrogens is 1. The third-order valence-electron chi connectivity index (χ3n) is 5.49. The molecule has 7 heteroatoms. The summed E-state index contributed by atoms with van der Waals surface area (Å²) in [7, 11) is 0. The summed E-state index contributed by atoms with van der Waals surface area (Å²) in [6.45, 7) is 3.46. The Kier molecular flexibility index (Phi) is 5.49. The Balaban J connectivity index is 1.54. The van der Waals surface area contributed by atoms with Gasteiger partial charge in [-0.1, -0.05) is 30.3 Å². The topological polar surface area (TPSA) is 78.1 Å². The van der Waals surface area contributed by atoms with Crippen molar-refractivity contribution in [1.29, 1.82) is 0 Å². The first kappa shape index (κ1) is 19.4. The van der Waals surface area contributed by atoms with Crippen LogP contribution in [0.4, 0.5) is 0 Å². The van der Waals surface area contributed by atoms with E-state index in [9.17, 15) is 9.59 Å². The highest BCUT2D eigenvalue weighted by Crippen LogP contribution is 2.36. The van der Waals surface area contributed by atoms with Gasteiger partial charge in [0.1, 0.15) is 5.69 Å². The van der Waals surface area contributed by atoms with Crippen molar-refractivity contribution in [3.05, 3.63) is 65.3 Å². The number of aromatic amines is 1. The molecule has 1 aliphatic rings. The highest BCUT2D eigenvalue weighted by atomic mass is 32.1. The minimum Gasteiger partial charge on any atom is -0.356 e. The molecule has 1 aliphatic heterocycles. The summed E-state index contributed by atoms with van der Waals surface area (Å²) in [5.74, 6) is -0.0936. The highest BCUT2D eigenvalue weighted by Gasteiger charge is 2.46. The minimum absolute atomic E-state index is 0.0160. The molecular weight excluding hydrogens is 384 g/mol. The molecule has 2 amide bonds. The molecule has 1 fully saturated rings. The lowest BCUT2D eigenvalue weighted by atomic mass is 9.79. The molecular formula is C22H24N4O2S. The second-order valence-corrected chi connectivity index (χ2v) is 8.39. The van der Waals surface area contributed by atoms with Gasteiger partial charge in [0.2, 0.25) is 5.91 Å². The fourth-order valence-corrected chi connectivity index (χ4v) is 4.70. The van der Waals surface area contributed by atoms with E-state index in [0.717, 1.165) is 5.56 Å². The second-order valence-electron chi connectivity index (χ2n) is 7.44. The number of thiophene rings is 1. The van der Waals surface area contributed by atoms with E-state index in [-0.39, 0.29) is 11.8 Å². The summed E-state index contributed by atoms with van der Waals surface area (Å²) in [4.78, 5) is 28.7. The van der Waals surface area contributed by atoms with Crippen molar-refractivity contribution in [2.24, 2.45) is 5.41 Å². The Labute approximate surface area is 173 Å². The van der Waals surface area contributed by atoms with E-state index in [0.29, 0.717) is 38.2 Å². The number of aromatic nitrogens is 2. The largest absolute Gasteiger partial charge is 0.356 e. The maximum absolute atomic E-state index is 13.0.